The molecule has 0 amide bonds. The predicted molar refractivity (Wildman–Crippen MR) is 54.4 cm³/mol. The molecule has 0 aliphatic heterocycles. The molecule has 1 nitrogen and oxygen atoms in total. The highest BCUT2D eigenvalue weighted by Crippen LogP contribution is 2.11. The molecule has 64 valence electrons. The molecule has 0 bridgehead atoms. The number of hydrogen-bond acceptors (Lipinski definition) is 1. The van der Waals surface area contributed by atoms with Crippen LogP contribution in [-0.4, -0.2) is 13.6 Å². The highest BCUT2D eigenvalue weighted by atomic mass is 35.5. The van der Waals surface area contributed by atoms with Gasteiger partial charge < -0.3 is 5.32 Å². The van der Waals surface area contributed by atoms with Gasteiger partial charge in [-0.3, -0.25) is 0 Å². The molecule has 0 aliphatic carbocycles. The monoisotopic (exact) mass is 181 g/mol. The topological polar surface area (TPSA) is 12.0 Å². The Morgan fingerprint density at radius 1 is 1.50 bits per heavy atom. The maximum atomic E-state index is 5.81. The standard InChI is InChI=1S/C10H12ClN/c1-12-7-3-5-9-4-2-6-10(11)8-9/h2-6,8,12H,7H2,1H3/b5-3+. The lowest BCUT2D eigenvalue weighted by Gasteiger charge is -1.93. The molecule has 1 rings (SSSR count). The maximum absolute atomic E-state index is 5.81. The zero-order valence-electron chi connectivity index (χ0n) is 7.05. The van der Waals surface area contributed by atoms with Crippen molar-refractivity contribution in [3.63, 3.8) is 0 Å². The van der Waals surface area contributed by atoms with Gasteiger partial charge in [-0.25, -0.2) is 0 Å². The fourth-order valence-electron chi connectivity index (χ4n) is 0.923. The first-order valence-corrected chi connectivity index (χ1v) is 4.27. The number of rotatable bonds is 3. The minimum absolute atomic E-state index is 0.779. The van der Waals surface area contributed by atoms with E-state index in [1.54, 1.807) is 0 Å². The second-order valence-corrected chi connectivity index (χ2v) is 2.95. The minimum atomic E-state index is 0.779. The summed E-state index contributed by atoms with van der Waals surface area (Å²) in [6.07, 6.45) is 4.11. The Kier molecular flexibility index (Phi) is 3.85. The molecule has 0 fully saturated rings. The van der Waals surface area contributed by atoms with Crippen molar-refractivity contribution < 1.29 is 0 Å². The van der Waals surface area contributed by atoms with Gasteiger partial charge in [-0.05, 0) is 24.7 Å². The van der Waals surface area contributed by atoms with Crippen LogP contribution in [0.15, 0.2) is 30.3 Å². The van der Waals surface area contributed by atoms with Gasteiger partial charge in [0.05, 0.1) is 0 Å². The van der Waals surface area contributed by atoms with E-state index < -0.39 is 0 Å². The van der Waals surface area contributed by atoms with Crippen LogP contribution in [0.4, 0.5) is 0 Å². The molecular weight excluding hydrogens is 170 g/mol. The van der Waals surface area contributed by atoms with Crippen LogP contribution in [-0.2, 0) is 0 Å². The van der Waals surface area contributed by atoms with E-state index in [1.807, 2.05) is 37.4 Å². The molecule has 0 aliphatic rings. The van der Waals surface area contributed by atoms with Crippen LogP contribution in [0.25, 0.3) is 6.08 Å². The lowest BCUT2D eigenvalue weighted by Crippen LogP contribution is -2.03. The number of hydrogen-bond donors (Lipinski definition) is 1. The summed E-state index contributed by atoms with van der Waals surface area (Å²) in [5, 5.41) is 3.81. The van der Waals surface area contributed by atoms with Crippen LogP contribution in [0.3, 0.4) is 0 Å². The molecular formula is C10H12ClN. The van der Waals surface area contributed by atoms with Crippen LogP contribution >= 0.6 is 11.6 Å². The van der Waals surface area contributed by atoms with Crippen LogP contribution in [0, 0.1) is 0 Å². The highest BCUT2D eigenvalue weighted by molar-refractivity contribution is 6.30. The van der Waals surface area contributed by atoms with Gasteiger partial charge in [0.1, 0.15) is 0 Å². The van der Waals surface area contributed by atoms with E-state index in [0.717, 1.165) is 17.1 Å². The summed E-state index contributed by atoms with van der Waals surface area (Å²) in [6.45, 7) is 0.881. The zero-order valence-corrected chi connectivity index (χ0v) is 7.81. The van der Waals surface area contributed by atoms with Gasteiger partial charge in [0.15, 0.2) is 0 Å². The minimum Gasteiger partial charge on any atom is -0.316 e. The average Bonchev–Trinajstić information content (AvgIpc) is 2.05. The van der Waals surface area contributed by atoms with E-state index >= 15 is 0 Å². The van der Waals surface area contributed by atoms with Crippen molar-refractivity contribution in [3.05, 3.63) is 40.9 Å². The molecule has 0 atom stereocenters. The first-order valence-electron chi connectivity index (χ1n) is 3.89. The molecule has 0 spiro atoms. The van der Waals surface area contributed by atoms with Crippen LogP contribution in [0.5, 0.6) is 0 Å². The number of halogens is 1. The summed E-state index contributed by atoms with van der Waals surface area (Å²) in [5.74, 6) is 0. The summed E-state index contributed by atoms with van der Waals surface area (Å²) in [7, 11) is 1.92. The molecule has 12 heavy (non-hydrogen) atoms. The second kappa shape index (κ2) is 4.96. The van der Waals surface area contributed by atoms with Crippen molar-refractivity contribution in [1.29, 1.82) is 0 Å². The van der Waals surface area contributed by atoms with Crippen molar-refractivity contribution in [2.45, 2.75) is 0 Å². The third-order valence-electron chi connectivity index (χ3n) is 1.48. The second-order valence-electron chi connectivity index (χ2n) is 2.52. The molecule has 0 heterocycles. The molecule has 1 aromatic rings. The first-order chi connectivity index (χ1) is 5.83. The molecule has 0 saturated carbocycles. The number of benzene rings is 1. The van der Waals surface area contributed by atoms with Crippen molar-refractivity contribution in [2.24, 2.45) is 0 Å². The lowest BCUT2D eigenvalue weighted by atomic mass is 10.2. The van der Waals surface area contributed by atoms with Crippen LogP contribution < -0.4 is 5.32 Å². The van der Waals surface area contributed by atoms with Gasteiger partial charge in [-0.2, -0.15) is 0 Å². The Labute approximate surface area is 78.1 Å². The predicted octanol–water partition coefficient (Wildman–Crippen LogP) is 2.57. The molecule has 0 aromatic heterocycles. The largest absolute Gasteiger partial charge is 0.316 e. The number of nitrogens with one attached hydrogen (secondary N) is 1. The molecule has 0 saturated heterocycles. The molecule has 1 N–H and O–H groups in total. The lowest BCUT2D eigenvalue weighted by molar-refractivity contribution is 0.922. The van der Waals surface area contributed by atoms with Gasteiger partial charge >= 0.3 is 0 Å². The van der Waals surface area contributed by atoms with Crippen LogP contribution in [0.2, 0.25) is 5.02 Å². The Morgan fingerprint density at radius 2 is 2.33 bits per heavy atom. The Balaban J connectivity index is 2.63. The van der Waals surface area contributed by atoms with Crippen LogP contribution in [0.1, 0.15) is 5.56 Å². The SMILES string of the molecule is CNC/C=C/c1cccc(Cl)c1. The van der Waals surface area contributed by atoms with E-state index in [4.69, 9.17) is 11.6 Å². The van der Waals surface area contributed by atoms with E-state index in [0.29, 0.717) is 0 Å². The molecule has 2 heteroatoms. The summed E-state index contributed by atoms with van der Waals surface area (Å²) in [5.41, 5.74) is 1.14. The normalized spacial score (nSPS) is 10.8. The van der Waals surface area contributed by atoms with Gasteiger partial charge in [0.2, 0.25) is 0 Å². The molecule has 0 unspecified atom stereocenters. The fourth-order valence-corrected chi connectivity index (χ4v) is 1.12. The molecule has 1 aromatic carbocycles. The Hall–Kier alpha value is -0.790. The van der Waals surface area contributed by atoms with E-state index in [2.05, 4.69) is 11.4 Å². The summed E-state index contributed by atoms with van der Waals surface area (Å²) in [4.78, 5) is 0. The summed E-state index contributed by atoms with van der Waals surface area (Å²) >= 11 is 5.81. The smallest absolute Gasteiger partial charge is 0.0411 e. The Bertz CT molecular complexity index is 268. The average molecular weight is 182 g/mol. The van der Waals surface area contributed by atoms with Crippen molar-refractivity contribution in [2.75, 3.05) is 13.6 Å². The van der Waals surface area contributed by atoms with Crippen molar-refractivity contribution in [1.82, 2.24) is 5.32 Å². The highest BCUT2D eigenvalue weighted by Gasteiger charge is 1.87. The first kappa shape index (κ1) is 9.30. The van der Waals surface area contributed by atoms with Gasteiger partial charge in [-0.15, -0.1) is 0 Å². The Morgan fingerprint density at radius 3 is 3.00 bits per heavy atom. The maximum Gasteiger partial charge on any atom is 0.0411 e. The summed E-state index contributed by atoms with van der Waals surface area (Å²) in [6, 6.07) is 7.78. The van der Waals surface area contributed by atoms with E-state index in [-0.39, 0.29) is 0 Å². The molecule has 0 radical (unpaired) electrons. The quantitative estimate of drug-likeness (QED) is 0.756. The zero-order chi connectivity index (χ0) is 8.81. The van der Waals surface area contributed by atoms with E-state index in [9.17, 15) is 0 Å². The number of likely N-dealkylation sites (N-methyl/N-ethyl adjacent to an activating group) is 1. The van der Waals surface area contributed by atoms with Gasteiger partial charge in [0.25, 0.3) is 0 Å². The van der Waals surface area contributed by atoms with Crippen molar-refractivity contribution >= 4 is 17.7 Å². The van der Waals surface area contributed by atoms with E-state index in [1.165, 1.54) is 0 Å². The third-order valence-corrected chi connectivity index (χ3v) is 1.72. The fraction of sp³-hybridized carbons (Fsp3) is 0.200. The van der Waals surface area contributed by atoms with Gasteiger partial charge in [-0.1, -0.05) is 35.9 Å². The third kappa shape index (κ3) is 3.07. The summed E-state index contributed by atoms with van der Waals surface area (Å²) < 4.78 is 0. The van der Waals surface area contributed by atoms with Gasteiger partial charge in [0, 0.05) is 11.6 Å². The van der Waals surface area contributed by atoms with Crippen molar-refractivity contribution in [3.8, 4) is 0 Å².